The van der Waals surface area contributed by atoms with Crippen molar-refractivity contribution < 1.29 is 4.39 Å². The van der Waals surface area contributed by atoms with Crippen LogP contribution in [0.1, 0.15) is 5.56 Å². The summed E-state index contributed by atoms with van der Waals surface area (Å²) < 4.78 is 16.7. The van der Waals surface area contributed by atoms with E-state index in [0.29, 0.717) is 28.5 Å². The Morgan fingerprint density at radius 2 is 2.00 bits per heavy atom. The van der Waals surface area contributed by atoms with Gasteiger partial charge in [-0.25, -0.2) is 14.4 Å². The number of anilines is 2. The molecule has 0 fully saturated rings. The molecule has 3 aromatic heterocycles. The lowest BCUT2D eigenvalue weighted by Gasteiger charge is -2.11. The van der Waals surface area contributed by atoms with E-state index in [2.05, 4.69) is 27.0 Å². The third kappa shape index (κ3) is 3.85. The first-order valence-corrected chi connectivity index (χ1v) is 9.26. The van der Waals surface area contributed by atoms with Gasteiger partial charge in [0.2, 0.25) is 5.95 Å². The third-order valence-corrected chi connectivity index (χ3v) is 4.78. The van der Waals surface area contributed by atoms with Gasteiger partial charge in [0.25, 0.3) is 5.56 Å². The normalized spacial score (nSPS) is 10.8. The zero-order valence-corrected chi connectivity index (χ0v) is 16.6. The lowest BCUT2D eigenvalue weighted by atomic mass is 10.1. The Morgan fingerprint density at radius 3 is 2.70 bits per heavy atom. The summed E-state index contributed by atoms with van der Waals surface area (Å²) in [4.78, 5) is 21.3. The Bertz CT molecular complexity index is 1310. The number of hydrogen-bond acceptors (Lipinski definition) is 5. The highest BCUT2D eigenvalue weighted by Gasteiger charge is 2.10. The van der Waals surface area contributed by atoms with Crippen LogP contribution >= 0.6 is 11.6 Å². The van der Waals surface area contributed by atoms with E-state index < -0.39 is 5.82 Å². The van der Waals surface area contributed by atoms with Gasteiger partial charge in [-0.3, -0.25) is 14.0 Å². The fourth-order valence-corrected chi connectivity index (χ4v) is 2.98. The maximum Gasteiger partial charge on any atom is 0.255 e. The third-order valence-electron chi connectivity index (χ3n) is 4.48. The average molecular weight is 423 g/mol. The molecule has 0 aliphatic heterocycles. The number of nitrogens with zero attached hydrogens (tertiary/aromatic N) is 5. The fourth-order valence-electron chi connectivity index (χ4n) is 2.87. The van der Waals surface area contributed by atoms with Crippen LogP contribution in [0.4, 0.5) is 16.2 Å². The molecule has 0 amide bonds. The van der Waals surface area contributed by atoms with Gasteiger partial charge in [-0.15, -0.1) is 0 Å². The summed E-state index contributed by atoms with van der Waals surface area (Å²) in [5.74, 6) is 0.532. The molecule has 0 radical (unpaired) electrons. The van der Waals surface area contributed by atoms with Crippen LogP contribution in [0.3, 0.4) is 0 Å². The molecular weight excluding hydrogens is 407 g/mol. The van der Waals surface area contributed by atoms with Crippen LogP contribution < -0.4 is 10.9 Å². The predicted octanol–water partition coefficient (Wildman–Crippen LogP) is 4.09. The number of benzene rings is 1. The highest BCUT2D eigenvalue weighted by molar-refractivity contribution is 6.30. The van der Waals surface area contributed by atoms with Crippen molar-refractivity contribution in [1.82, 2.24) is 24.3 Å². The molecule has 0 aliphatic carbocycles. The van der Waals surface area contributed by atoms with E-state index in [0.717, 1.165) is 5.82 Å². The van der Waals surface area contributed by atoms with Crippen LogP contribution in [-0.2, 0) is 7.05 Å². The van der Waals surface area contributed by atoms with Crippen molar-refractivity contribution in [1.29, 1.82) is 0 Å². The van der Waals surface area contributed by atoms with Crippen LogP contribution in [0.15, 0.2) is 72.4 Å². The molecule has 7 nitrogen and oxygen atoms in total. The first-order chi connectivity index (χ1) is 14.4. The summed E-state index contributed by atoms with van der Waals surface area (Å²) in [6, 6.07) is 10.9. The van der Waals surface area contributed by atoms with Crippen molar-refractivity contribution in [2.75, 3.05) is 5.32 Å². The largest absolute Gasteiger partial charge is 0.309 e. The second-order valence-corrected chi connectivity index (χ2v) is 6.84. The van der Waals surface area contributed by atoms with Gasteiger partial charge in [0, 0.05) is 48.4 Å². The molecular formula is C21H16ClFN6O. The van der Waals surface area contributed by atoms with E-state index in [1.54, 1.807) is 54.6 Å². The Labute approximate surface area is 176 Å². The fraction of sp³-hybridized carbons (Fsp3) is 0.0476. The monoisotopic (exact) mass is 422 g/mol. The maximum atomic E-state index is 13.8. The maximum absolute atomic E-state index is 13.8. The highest BCUT2D eigenvalue weighted by atomic mass is 35.5. The zero-order chi connectivity index (χ0) is 21.3. The lowest BCUT2D eigenvalue weighted by molar-refractivity contribution is 0.627. The van der Waals surface area contributed by atoms with Gasteiger partial charge >= 0.3 is 0 Å². The second-order valence-electron chi connectivity index (χ2n) is 6.43. The smallest absolute Gasteiger partial charge is 0.255 e. The van der Waals surface area contributed by atoms with E-state index in [9.17, 15) is 9.18 Å². The number of aromatic nitrogens is 5. The van der Waals surface area contributed by atoms with Gasteiger partial charge in [0.05, 0.1) is 16.9 Å². The Balaban J connectivity index is 1.62. The van der Waals surface area contributed by atoms with Crippen molar-refractivity contribution >= 4 is 29.1 Å². The zero-order valence-electron chi connectivity index (χ0n) is 15.9. The Hall–Kier alpha value is -3.78. The summed E-state index contributed by atoms with van der Waals surface area (Å²) in [7, 11) is 1.80. The van der Waals surface area contributed by atoms with E-state index in [1.807, 2.05) is 0 Å². The quantitative estimate of drug-likeness (QED) is 0.524. The topological polar surface area (TPSA) is 77.6 Å². The Morgan fingerprint density at radius 1 is 1.17 bits per heavy atom. The van der Waals surface area contributed by atoms with Crippen molar-refractivity contribution in [3.05, 3.63) is 94.4 Å². The molecule has 0 spiro atoms. The van der Waals surface area contributed by atoms with Crippen molar-refractivity contribution in [3.63, 3.8) is 0 Å². The Kier molecular flexibility index (Phi) is 5.16. The predicted molar refractivity (Wildman–Crippen MR) is 114 cm³/mol. The standard InChI is InChI=1S/C21H16ClFN6O/c1-13(14-3-4-16(22)17(23)11-14)29-10-7-15(12-20(29)30)18-5-8-24-21(26-18)27-19-6-9-25-28(19)2/h3-12H,1H2,2H3,(H,24,26,27). The summed E-state index contributed by atoms with van der Waals surface area (Å²) >= 11 is 5.72. The molecule has 30 heavy (non-hydrogen) atoms. The minimum Gasteiger partial charge on any atom is -0.309 e. The highest BCUT2D eigenvalue weighted by Crippen LogP contribution is 2.22. The number of halogens is 2. The second kappa shape index (κ2) is 7.92. The van der Waals surface area contributed by atoms with Crippen LogP contribution in [-0.4, -0.2) is 24.3 Å². The average Bonchev–Trinajstić information content (AvgIpc) is 3.14. The van der Waals surface area contributed by atoms with Crippen molar-refractivity contribution in [2.24, 2.45) is 7.05 Å². The molecule has 1 aromatic carbocycles. The molecule has 4 aromatic rings. The summed E-state index contributed by atoms with van der Waals surface area (Å²) in [6.45, 7) is 3.90. The first kappa shape index (κ1) is 19.5. The first-order valence-electron chi connectivity index (χ1n) is 8.88. The van der Waals surface area contributed by atoms with Gasteiger partial charge in [0.1, 0.15) is 11.6 Å². The number of pyridine rings is 1. The molecule has 4 rings (SSSR count). The molecule has 0 aliphatic rings. The van der Waals surface area contributed by atoms with Gasteiger partial charge in [0.15, 0.2) is 0 Å². The molecule has 1 N–H and O–H groups in total. The molecule has 150 valence electrons. The molecule has 0 saturated heterocycles. The van der Waals surface area contributed by atoms with Crippen molar-refractivity contribution in [3.8, 4) is 11.3 Å². The molecule has 0 bridgehead atoms. The van der Waals surface area contributed by atoms with Gasteiger partial charge in [-0.1, -0.05) is 24.2 Å². The van der Waals surface area contributed by atoms with Gasteiger partial charge in [-0.05, 0) is 24.3 Å². The van der Waals surface area contributed by atoms with Crippen LogP contribution in [0, 0.1) is 5.82 Å². The van der Waals surface area contributed by atoms with E-state index in [4.69, 9.17) is 11.6 Å². The number of nitrogens with one attached hydrogen (secondary N) is 1. The van der Waals surface area contributed by atoms with Gasteiger partial charge in [-0.2, -0.15) is 5.10 Å². The van der Waals surface area contributed by atoms with Crippen LogP contribution in [0.2, 0.25) is 5.02 Å². The summed E-state index contributed by atoms with van der Waals surface area (Å²) in [5.41, 5.74) is 1.65. The number of rotatable bonds is 5. The molecule has 0 saturated carbocycles. The van der Waals surface area contributed by atoms with Crippen molar-refractivity contribution in [2.45, 2.75) is 0 Å². The molecule has 3 heterocycles. The molecule has 0 unspecified atom stereocenters. The van der Waals surface area contributed by atoms with E-state index in [1.165, 1.54) is 22.8 Å². The summed E-state index contributed by atoms with van der Waals surface area (Å²) in [6.07, 6.45) is 4.83. The molecule has 0 atom stereocenters. The minimum atomic E-state index is -0.575. The minimum absolute atomic E-state index is 0.00791. The lowest BCUT2D eigenvalue weighted by Crippen LogP contribution is -2.18. The van der Waals surface area contributed by atoms with Crippen LogP contribution in [0.5, 0.6) is 0 Å². The van der Waals surface area contributed by atoms with E-state index in [-0.39, 0.29) is 10.6 Å². The van der Waals surface area contributed by atoms with E-state index >= 15 is 0 Å². The van der Waals surface area contributed by atoms with Gasteiger partial charge < -0.3 is 5.32 Å². The number of aryl methyl sites for hydroxylation is 1. The van der Waals surface area contributed by atoms with Crippen LogP contribution in [0.25, 0.3) is 17.0 Å². The molecule has 9 heteroatoms. The summed E-state index contributed by atoms with van der Waals surface area (Å²) in [5, 5.41) is 7.16. The SMILES string of the molecule is C=C(c1ccc(Cl)c(F)c1)n1ccc(-c2ccnc(Nc3ccnn3C)n2)cc1=O. The number of hydrogen-bond donors (Lipinski definition) is 1.